The Kier molecular flexibility index (Phi) is 4.64. The molecular formula is C18H16N4O3. The van der Waals surface area contributed by atoms with Crippen molar-refractivity contribution in [3.8, 4) is 6.07 Å². The molecule has 0 fully saturated rings. The molecule has 2 aromatic carbocycles. The van der Waals surface area contributed by atoms with E-state index >= 15 is 0 Å². The van der Waals surface area contributed by atoms with E-state index in [4.69, 9.17) is 0 Å². The maximum absolute atomic E-state index is 10.8. The molecule has 7 heteroatoms. The molecule has 3 aromatic rings. The highest BCUT2D eigenvalue weighted by Crippen LogP contribution is 2.24. The second-order valence-corrected chi connectivity index (χ2v) is 5.69. The van der Waals surface area contributed by atoms with Crippen LogP contribution in [0.3, 0.4) is 0 Å². The number of aromatic amines is 1. The number of aliphatic hydroxyl groups is 1. The van der Waals surface area contributed by atoms with Gasteiger partial charge in [0.2, 0.25) is 0 Å². The Hall–Kier alpha value is -3.37. The standard InChI is InChI=1S/C18H16N4O3/c19-9-12-8-15(22(24)25)5-6-17(12)21-14(11-23)7-13-10-20-18-4-2-1-3-16(13)18/h1-6,8,10,14,20-21,23H,7,11H2/t14-/m0/s1. The van der Waals surface area contributed by atoms with E-state index in [1.807, 2.05) is 36.5 Å². The van der Waals surface area contributed by atoms with Crippen molar-refractivity contribution in [3.63, 3.8) is 0 Å². The number of benzene rings is 2. The van der Waals surface area contributed by atoms with Gasteiger partial charge < -0.3 is 15.4 Å². The number of rotatable bonds is 6. The lowest BCUT2D eigenvalue weighted by Gasteiger charge is -2.18. The molecule has 126 valence electrons. The number of aromatic nitrogens is 1. The zero-order valence-electron chi connectivity index (χ0n) is 13.3. The summed E-state index contributed by atoms with van der Waals surface area (Å²) >= 11 is 0. The monoisotopic (exact) mass is 336 g/mol. The number of para-hydroxylation sites is 1. The molecule has 1 aromatic heterocycles. The molecule has 0 amide bonds. The first-order chi connectivity index (χ1) is 12.1. The van der Waals surface area contributed by atoms with Crippen LogP contribution < -0.4 is 5.32 Å². The van der Waals surface area contributed by atoms with Crippen LogP contribution in [-0.4, -0.2) is 27.7 Å². The Morgan fingerprint density at radius 2 is 2.12 bits per heavy atom. The fourth-order valence-corrected chi connectivity index (χ4v) is 2.81. The Balaban J connectivity index is 1.83. The number of H-pyrrole nitrogens is 1. The summed E-state index contributed by atoms with van der Waals surface area (Å²) in [5.41, 5.74) is 2.56. The van der Waals surface area contributed by atoms with Crippen LogP contribution >= 0.6 is 0 Å². The van der Waals surface area contributed by atoms with Gasteiger partial charge in [-0.3, -0.25) is 10.1 Å². The zero-order chi connectivity index (χ0) is 17.8. The molecule has 0 spiro atoms. The van der Waals surface area contributed by atoms with Crippen molar-refractivity contribution < 1.29 is 10.0 Å². The normalized spacial score (nSPS) is 11.8. The van der Waals surface area contributed by atoms with Gasteiger partial charge in [-0.25, -0.2) is 0 Å². The van der Waals surface area contributed by atoms with E-state index in [2.05, 4.69) is 10.3 Å². The molecule has 0 unspecified atom stereocenters. The number of fused-ring (bicyclic) bond motifs is 1. The number of nitrogens with one attached hydrogen (secondary N) is 2. The maximum atomic E-state index is 10.8. The minimum atomic E-state index is -0.542. The molecular weight excluding hydrogens is 320 g/mol. The third kappa shape index (κ3) is 3.44. The average molecular weight is 336 g/mol. The Labute approximate surface area is 143 Å². The molecule has 25 heavy (non-hydrogen) atoms. The van der Waals surface area contributed by atoms with Gasteiger partial charge in [0.25, 0.3) is 5.69 Å². The van der Waals surface area contributed by atoms with Crippen molar-refractivity contribution in [1.82, 2.24) is 4.98 Å². The van der Waals surface area contributed by atoms with Crippen LogP contribution in [-0.2, 0) is 6.42 Å². The Morgan fingerprint density at radius 3 is 2.84 bits per heavy atom. The Morgan fingerprint density at radius 1 is 1.32 bits per heavy atom. The predicted octanol–water partition coefficient (Wildman–Crippen LogP) is 2.96. The molecule has 3 rings (SSSR count). The van der Waals surface area contributed by atoms with Crippen LogP contribution in [0.5, 0.6) is 0 Å². The minimum Gasteiger partial charge on any atom is -0.394 e. The van der Waals surface area contributed by atoms with Crippen molar-refractivity contribution >= 4 is 22.3 Å². The molecule has 3 N–H and O–H groups in total. The molecule has 0 aliphatic heterocycles. The summed E-state index contributed by atoms with van der Waals surface area (Å²) in [5, 5.41) is 33.9. The third-order valence-corrected chi connectivity index (χ3v) is 4.06. The molecule has 0 saturated heterocycles. The first-order valence-electron chi connectivity index (χ1n) is 7.73. The van der Waals surface area contributed by atoms with Crippen molar-refractivity contribution in [2.24, 2.45) is 0 Å². The number of nitro groups is 1. The summed E-state index contributed by atoms with van der Waals surface area (Å²) in [6, 6.07) is 13.6. The number of anilines is 1. The minimum absolute atomic E-state index is 0.138. The van der Waals surface area contributed by atoms with Crippen molar-refractivity contribution in [2.45, 2.75) is 12.5 Å². The highest BCUT2D eigenvalue weighted by molar-refractivity contribution is 5.83. The van der Waals surface area contributed by atoms with Gasteiger partial charge >= 0.3 is 0 Å². The second kappa shape index (κ2) is 7.03. The quantitative estimate of drug-likeness (QED) is 0.473. The number of nitro benzene ring substituents is 1. The summed E-state index contributed by atoms with van der Waals surface area (Å²) in [6.45, 7) is -0.138. The SMILES string of the molecule is N#Cc1cc([N+](=O)[O-])ccc1N[C@H](CO)Cc1c[nH]c2ccccc12. The highest BCUT2D eigenvalue weighted by atomic mass is 16.6. The number of hydrogen-bond donors (Lipinski definition) is 3. The van der Waals surface area contributed by atoms with Crippen LogP contribution in [0, 0.1) is 21.4 Å². The van der Waals surface area contributed by atoms with Gasteiger partial charge in [0.1, 0.15) is 6.07 Å². The van der Waals surface area contributed by atoms with Crippen molar-refractivity contribution in [3.05, 3.63) is 69.9 Å². The largest absolute Gasteiger partial charge is 0.394 e. The van der Waals surface area contributed by atoms with Crippen LogP contribution in [0.1, 0.15) is 11.1 Å². The van der Waals surface area contributed by atoms with E-state index in [-0.39, 0.29) is 23.9 Å². The summed E-state index contributed by atoms with van der Waals surface area (Å²) in [7, 11) is 0. The summed E-state index contributed by atoms with van der Waals surface area (Å²) in [5.74, 6) is 0. The topological polar surface area (TPSA) is 115 Å². The van der Waals surface area contributed by atoms with Gasteiger partial charge in [-0.1, -0.05) is 18.2 Å². The fourth-order valence-electron chi connectivity index (χ4n) is 2.81. The molecule has 0 radical (unpaired) electrons. The lowest BCUT2D eigenvalue weighted by atomic mass is 10.0. The van der Waals surface area contributed by atoms with Gasteiger partial charge in [-0.05, 0) is 24.1 Å². The lowest BCUT2D eigenvalue weighted by Crippen LogP contribution is -2.26. The van der Waals surface area contributed by atoms with E-state index in [0.29, 0.717) is 12.1 Å². The molecule has 0 saturated carbocycles. The first-order valence-corrected chi connectivity index (χ1v) is 7.73. The Bertz CT molecular complexity index is 958. The van der Waals surface area contributed by atoms with Gasteiger partial charge in [-0.2, -0.15) is 5.26 Å². The number of nitriles is 1. The maximum Gasteiger partial charge on any atom is 0.270 e. The smallest absolute Gasteiger partial charge is 0.270 e. The summed E-state index contributed by atoms with van der Waals surface area (Å²) in [6.07, 6.45) is 2.44. The molecule has 7 nitrogen and oxygen atoms in total. The van der Waals surface area contributed by atoms with E-state index in [1.54, 1.807) is 0 Å². The number of aliphatic hydroxyl groups excluding tert-OH is 1. The first kappa shape index (κ1) is 16.5. The second-order valence-electron chi connectivity index (χ2n) is 5.69. The van der Waals surface area contributed by atoms with E-state index in [9.17, 15) is 20.5 Å². The number of hydrogen-bond acceptors (Lipinski definition) is 5. The van der Waals surface area contributed by atoms with Crippen LogP contribution in [0.2, 0.25) is 0 Å². The van der Waals surface area contributed by atoms with E-state index in [0.717, 1.165) is 16.5 Å². The van der Waals surface area contributed by atoms with Crippen LogP contribution in [0.15, 0.2) is 48.7 Å². The van der Waals surface area contributed by atoms with Crippen molar-refractivity contribution in [1.29, 1.82) is 5.26 Å². The predicted molar refractivity (Wildman–Crippen MR) is 94.3 cm³/mol. The highest BCUT2D eigenvalue weighted by Gasteiger charge is 2.16. The lowest BCUT2D eigenvalue weighted by molar-refractivity contribution is -0.384. The summed E-state index contributed by atoms with van der Waals surface area (Å²) < 4.78 is 0. The van der Waals surface area contributed by atoms with Gasteiger partial charge in [0.05, 0.1) is 28.8 Å². The fraction of sp³-hybridized carbons (Fsp3) is 0.167. The van der Waals surface area contributed by atoms with Gasteiger partial charge in [-0.15, -0.1) is 0 Å². The number of non-ortho nitro benzene ring substituents is 1. The molecule has 0 aliphatic carbocycles. The van der Waals surface area contributed by atoms with E-state index in [1.165, 1.54) is 18.2 Å². The van der Waals surface area contributed by atoms with Crippen molar-refractivity contribution in [2.75, 3.05) is 11.9 Å². The van der Waals surface area contributed by atoms with Crippen LogP contribution in [0.4, 0.5) is 11.4 Å². The zero-order valence-corrected chi connectivity index (χ0v) is 13.3. The van der Waals surface area contributed by atoms with Gasteiger partial charge in [0.15, 0.2) is 0 Å². The summed E-state index contributed by atoms with van der Waals surface area (Å²) in [4.78, 5) is 13.5. The molecule has 0 bridgehead atoms. The molecule has 1 atom stereocenters. The number of nitrogens with zero attached hydrogens (tertiary/aromatic N) is 2. The molecule has 0 aliphatic rings. The van der Waals surface area contributed by atoms with Gasteiger partial charge in [0, 0.05) is 29.2 Å². The van der Waals surface area contributed by atoms with E-state index < -0.39 is 4.92 Å². The average Bonchev–Trinajstić information content (AvgIpc) is 3.04. The third-order valence-electron chi connectivity index (χ3n) is 4.06. The molecule has 1 heterocycles. The van der Waals surface area contributed by atoms with Crippen LogP contribution in [0.25, 0.3) is 10.9 Å².